The zero-order valence-electron chi connectivity index (χ0n) is 11.1. The van der Waals surface area contributed by atoms with Crippen LogP contribution in [0.3, 0.4) is 0 Å². The summed E-state index contributed by atoms with van der Waals surface area (Å²) in [6.07, 6.45) is 0.134. The molecule has 1 aromatic rings. The van der Waals surface area contributed by atoms with E-state index < -0.39 is 38.4 Å². The van der Waals surface area contributed by atoms with Gasteiger partial charge in [-0.05, 0) is 6.07 Å². The third-order valence-corrected chi connectivity index (χ3v) is 3.33. The summed E-state index contributed by atoms with van der Waals surface area (Å²) in [6, 6.07) is 2.93. The van der Waals surface area contributed by atoms with Crippen molar-refractivity contribution in [2.45, 2.75) is 12.3 Å². The fourth-order valence-corrected chi connectivity index (χ4v) is 2.13. The van der Waals surface area contributed by atoms with E-state index in [1.807, 2.05) is 0 Å². The Morgan fingerprint density at radius 3 is 2.77 bits per heavy atom. The molecule has 0 fully saturated rings. The molecule has 0 radical (unpaired) electrons. The van der Waals surface area contributed by atoms with Crippen LogP contribution in [-0.2, 0) is 13.8 Å². The highest BCUT2D eigenvalue weighted by molar-refractivity contribution is 7.46. The van der Waals surface area contributed by atoms with Crippen molar-refractivity contribution in [2.75, 3.05) is 6.61 Å². The third kappa shape index (κ3) is 3.62. The van der Waals surface area contributed by atoms with Crippen LogP contribution in [-0.4, -0.2) is 38.6 Å². The van der Waals surface area contributed by atoms with E-state index in [2.05, 4.69) is 4.52 Å². The zero-order valence-corrected chi connectivity index (χ0v) is 12.0. The molecule has 0 bridgehead atoms. The van der Waals surface area contributed by atoms with Crippen LogP contribution >= 0.6 is 7.82 Å². The summed E-state index contributed by atoms with van der Waals surface area (Å²) >= 11 is 0. The first-order valence-corrected chi connectivity index (χ1v) is 7.49. The highest BCUT2D eigenvalue weighted by Gasteiger charge is 2.43. The molecular formula is C11H14N2O8P+. The normalized spacial score (nSPS) is 21.8. The summed E-state index contributed by atoms with van der Waals surface area (Å²) in [6.45, 7) is -0.722. The van der Waals surface area contributed by atoms with Gasteiger partial charge in [-0.15, -0.1) is 0 Å². The minimum atomic E-state index is -4.75. The van der Waals surface area contributed by atoms with Crippen molar-refractivity contribution in [3.63, 3.8) is 0 Å². The average molecular weight is 333 g/mol. The molecule has 6 N–H and O–H groups in total. The number of carbonyl (C=O) groups excluding carboxylic acids is 1. The number of pyridine rings is 1. The summed E-state index contributed by atoms with van der Waals surface area (Å²) in [5.74, 6) is -1.63. The van der Waals surface area contributed by atoms with E-state index in [0.717, 1.165) is 0 Å². The molecule has 1 aliphatic heterocycles. The fraction of sp³-hybridized carbons (Fsp3) is 0.273. The number of ether oxygens (including phenoxy) is 1. The Kier molecular flexibility index (Phi) is 4.50. The molecule has 22 heavy (non-hydrogen) atoms. The second-order valence-electron chi connectivity index (χ2n) is 4.43. The highest BCUT2D eigenvalue weighted by Crippen LogP contribution is 2.38. The number of aromatic nitrogens is 1. The van der Waals surface area contributed by atoms with Crippen molar-refractivity contribution >= 4 is 13.7 Å². The van der Waals surface area contributed by atoms with Crippen molar-refractivity contribution < 1.29 is 43.2 Å². The number of aliphatic hydroxyl groups excluding tert-OH is 2. The molecule has 0 aromatic carbocycles. The number of phosphoric ester groups is 1. The van der Waals surface area contributed by atoms with Crippen molar-refractivity contribution in [1.82, 2.24) is 0 Å². The van der Waals surface area contributed by atoms with E-state index >= 15 is 0 Å². The van der Waals surface area contributed by atoms with Crippen LogP contribution in [0.2, 0.25) is 0 Å². The largest absolute Gasteiger partial charge is 0.506 e. The van der Waals surface area contributed by atoms with Crippen LogP contribution in [0, 0.1) is 0 Å². The molecule has 120 valence electrons. The number of hydrogen-bond donors (Lipinski definition) is 5. The molecule has 2 heterocycles. The minimum absolute atomic E-state index is 0.151. The van der Waals surface area contributed by atoms with E-state index in [4.69, 9.17) is 20.3 Å². The lowest BCUT2D eigenvalue weighted by Crippen LogP contribution is -2.45. The summed E-state index contributed by atoms with van der Waals surface area (Å²) in [5.41, 5.74) is 5.29. The monoisotopic (exact) mass is 333 g/mol. The van der Waals surface area contributed by atoms with Gasteiger partial charge >= 0.3 is 14.1 Å². The maximum atomic E-state index is 11.1. The van der Waals surface area contributed by atoms with Crippen molar-refractivity contribution in [2.24, 2.45) is 5.73 Å². The molecule has 0 saturated heterocycles. The maximum absolute atomic E-state index is 11.1. The maximum Gasteiger partial charge on any atom is 0.470 e. The van der Waals surface area contributed by atoms with Gasteiger partial charge < -0.3 is 30.5 Å². The molecule has 2 rings (SSSR count). The van der Waals surface area contributed by atoms with Crippen LogP contribution in [0.4, 0.5) is 0 Å². The van der Waals surface area contributed by atoms with Gasteiger partial charge in [0.1, 0.15) is 12.2 Å². The lowest BCUT2D eigenvalue weighted by Gasteiger charge is -2.11. The summed E-state index contributed by atoms with van der Waals surface area (Å²) in [7, 11) is -4.75. The lowest BCUT2D eigenvalue weighted by atomic mass is 10.2. The number of phosphoric acid groups is 1. The van der Waals surface area contributed by atoms with E-state index in [1.54, 1.807) is 0 Å². The van der Waals surface area contributed by atoms with Gasteiger partial charge in [0, 0.05) is 6.07 Å². The van der Waals surface area contributed by atoms with Gasteiger partial charge in [-0.1, -0.05) is 0 Å². The van der Waals surface area contributed by atoms with E-state index in [0.29, 0.717) is 0 Å². The molecule has 1 aliphatic rings. The quantitative estimate of drug-likeness (QED) is 0.333. The number of rotatable bonds is 5. The number of nitrogens with two attached hydrogens (primary N) is 1. The summed E-state index contributed by atoms with van der Waals surface area (Å²) in [5, 5.41) is 19.7. The Labute approximate surface area is 124 Å². The van der Waals surface area contributed by atoms with Gasteiger partial charge in [-0.25, -0.2) is 4.57 Å². The molecule has 1 unspecified atom stereocenters. The zero-order chi connectivity index (χ0) is 16.5. The standard InChI is InChI=1S/C11H13N2O8P/c12-10(16)6-2-1-3-13(4-6)11-9(15)8(14)7(21-11)5-20-22(17,18)19/h1-4,9,11,15H,5H2,(H4-,12,14,16,17,18,19)/p+1/t9?,11-/m1/s1. The first-order valence-electron chi connectivity index (χ1n) is 5.96. The lowest BCUT2D eigenvalue weighted by molar-refractivity contribution is -0.763. The number of amides is 1. The van der Waals surface area contributed by atoms with Gasteiger partial charge in [-0.2, -0.15) is 4.57 Å². The number of nitrogens with zero attached hydrogens (tertiary/aromatic N) is 1. The van der Waals surface area contributed by atoms with E-state index in [-0.39, 0.29) is 11.3 Å². The number of primary amides is 1. The van der Waals surface area contributed by atoms with Crippen LogP contribution in [0.1, 0.15) is 16.6 Å². The number of aliphatic hydroxyl groups is 2. The predicted octanol–water partition coefficient (Wildman–Crippen LogP) is -1.16. The molecule has 10 nitrogen and oxygen atoms in total. The van der Waals surface area contributed by atoms with Crippen LogP contribution < -0.4 is 10.3 Å². The second kappa shape index (κ2) is 6.03. The Morgan fingerprint density at radius 2 is 2.18 bits per heavy atom. The van der Waals surface area contributed by atoms with Crippen molar-refractivity contribution in [3.8, 4) is 0 Å². The van der Waals surface area contributed by atoms with E-state index in [9.17, 15) is 19.6 Å². The average Bonchev–Trinajstić information content (AvgIpc) is 2.72. The Hall–Kier alpha value is -1.97. The van der Waals surface area contributed by atoms with Gasteiger partial charge in [0.05, 0.1) is 0 Å². The number of carbonyl (C=O) groups is 1. The topological polar surface area (TPSA) is 163 Å². The van der Waals surface area contributed by atoms with Crippen LogP contribution in [0.25, 0.3) is 0 Å². The molecular weight excluding hydrogens is 319 g/mol. The Bertz CT molecular complexity index is 670. The third-order valence-electron chi connectivity index (χ3n) is 2.86. The van der Waals surface area contributed by atoms with Gasteiger partial charge in [-0.3, -0.25) is 9.32 Å². The Balaban J connectivity index is 2.18. The molecule has 1 aromatic heterocycles. The summed E-state index contributed by atoms with van der Waals surface area (Å²) in [4.78, 5) is 28.4. The molecule has 11 heteroatoms. The predicted molar refractivity (Wildman–Crippen MR) is 68.9 cm³/mol. The first kappa shape index (κ1) is 16.4. The van der Waals surface area contributed by atoms with Crippen LogP contribution in [0.5, 0.6) is 0 Å². The Morgan fingerprint density at radius 1 is 1.50 bits per heavy atom. The first-order chi connectivity index (χ1) is 10.2. The van der Waals surface area contributed by atoms with Crippen molar-refractivity contribution in [3.05, 3.63) is 41.6 Å². The van der Waals surface area contributed by atoms with Crippen molar-refractivity contribution in [1.29, 1.82) is 0 Å². The SMILES string of the molecule is NC(=O)c1ccc[n+]([C@@H]2OC(COP(=O)(O)O)=C(O)C2O)c1. The van der Waals surface area contributed by atoms with Crippen LogP contribution in [0.15, 0.2) is 36.0 Å². The molecule has 0 saturated carbocycles. The molecule has 0 aliphatic carbocycles. The summed E-state index contributed by atoms with van der Waals surface area (Å²) < 4.78 is 21.4. The van der Waals surface area contributed by atoms with Gasteiger partial charge in [0.25, 0.3) is 5.91 Å². The van der Waals surface area contributed by atoms with Gasteiger partial charge in [0.2, 0.25) is 6.10 Å². The smallest absolute Gasteiger partial charge is 0.470 e. The second-order valence-corrected chi connectivity index (χ2v) is 5.67. The molecule has 0 spiro atoms. The molecule has 1 amide bonds. The van der Waals surface area contributed by atoms with Gasteiger partial charge in [0.15, 0.2) is 23.9 Å². The number of hydrogen-bond acceptors (Lipinski definition) is 6. The fourth-order valence-electron chi connectivity index (χ4n) is 1.84. The molecule has 2 atom stereocenters. The minimum Gasteiger partial charge on any atom is -0.506 e. The van der Waals surface area contributed by atoms with E-state index in [1.165, 1.54) is 29.1 Å². The highest BCUT2D eigenvalue weighted by atomic mass is 31.2.